The number of hydrogen-bond donors (Lipinski definition) is 0. The molecule has 1 aliphatic heterocycles. The van der Waals surface area contributed by atoms with Crippen LogP contribution < -0.4 is 0 Å². The van der Waals surface area contributed by atoms with Crippen LogP contribution >= 0.6 is 0 Å². The second kappa shape index (κ2) is 8.95. The summed E-state index contributed by atoms with van der Waals surface area (Å²) >= 11 is 0. The predicted octanol–water partition coefficient (Wildman–Crippen LogP) is 3.14. The van der Waals surface area contributed by atoms with E-state index in [9.17, 15) is 4.79 Å². The molecule has 0 saturated carbocycles. The SMILES string of the molecule is Cc1ccc(-c2noc(C(C)N3CCN(C(=O)c4ccc(-n5cccn5)nc4)CC3)n2)cc1. The number of benzene rings is 1. The first-order valence-electron chi connectivity index (χ1n) is 11.0. The quantitative estimate of drug-likeness (QED) is 0.468. The number of carbonyl (C=O) groups excluding carboxylic acids is 1. The summed E-state index contributed by atoms with van der Waals surface area (Å²) < 4.78 is 7.21. The number of rotatable bonds is 5. The summed E-state index contributed by atoms with van der Waals surface area (Å²) in [4.78, 5) is 26.0. The summed E-state index contributed by atoms with van der Waals surface area (Å²) in [6, 6.07) is 13.5. The average Bonchev–Trinajstić information content (AvgIpc) is 3.57. The molecule has 1 atom stereocenters. The van der Waals surface area contributed by atoms with Gasteiger partial charge in [-0.1, -0.05) is 35.0 Å². The molecule has 0 radical (unpaired) electrons. The summed E-state index contributed by atoms with van der Waals surface area (Å²) in [5.41, 5.74) is 2.70. The van der Waals surface area contributed by atoms with E-state index in [-0.39, 0.29) is 11.9 Å². The van der Waals surface area contributed by atoms with E-state index < -0.39 is 0 Å². The molecule has 1 aromatic carbocycles. The van der Waals surface area contributed by atoms with Crippen LogP contribution in [0.2, 0.25) is 0 Å². The van der Waals surface area contributed by atoms with E-state index in [2.05, 4.69) is 32.0 Å². The lowest BCUT2D eigenvalue weighted by atomic mass is 10.1. The Bertz CT molecular complexity index is 1210. The van der Waals surface area contributed by atoms with E-state index in [1.165, 1.54) is 5.56 Å². The number of pyridine rings is 1. The van der Waals surface area contributed by atoms with Gasteiger partial charge in [0, 0.05) is 50.3 Å². The Balaban J connectivity index is 1.19. The van der Waals surface area contributed by atoms with E-state index in [0.717, 1.165) is 18.7 Å². The standard InChI is InChI=1S/C24H25N7O2/c1-17-4-6-19(7-5-17)22-27-23(33-28-22)18(2)29-12-14-30(15-13-29)24(32)20-8-9-21(25-16-20)31-11-3-10-26-31/h3-11,16,18H,12-15H2,1-2H3. The Morgan fingerprint density at radius 1 is 1.06 bits per heavy atom. The van der Waals surface area contributed by atoms with Crippen molar-refractivity contribution < 1.29 is 9.32 Å². The zero-order valence-corrected chi connectivity index (χ0v) is 18.6. The van der Waals surface area contributed by atoms with Crippen LogP contribution in [0.25, 0.3) is 17.2 Å². The first kappa shape index (κ1) is 21.0. The van der Waals surface area contributed by atoms with Gasteiger partial charge < -0.3 is 9.42 Å². The van der Waals surface area contributed by atoms with Crippen LogP contribution in [0.3, 0.4) is 0 Å². The highest BCUT2D eigenvalue weighted by molar-refractivity contribution is 5.94. The fourth-order valence-electron chi connectivity index (χ4n) is 3.93. The maximum Gasteiger partial charge on any atom is 0.255 e. The second-order valence-electron chi connectivity index (χ2n) is 8.18. The zero-order valence-electron chi connectivity index (χ0n) is 18.6. The molecule has 9 heteroatoms. The van der Waals surface area contributed by atoms with Crippen molar-refractivity contribution in [2.75, 3.05) is 26.2 Å². The van der Waals surface area contributed by atoms with Crippen molar-refractivity contribution in [3.8, 4) is 17.2 Å². The number of hydrogen-bond acceptors (Lipinski definition) is 7. The first-order chi connectivity index (χ1) is 16.1. The highest BCUT2D eigenvalue weighted by Crippen LogP contribution is 2.24. The zero-order chi connectivity index (χ0) is 22.8. The molecule has 5 rings (SSSR count). The van der Waals surface area contributed by atoms with Gasteiger partial charge in [-0.2, -0.15) is 10.1 Å². The molecule has 33 heavy (non-hydrogen) atoms. The summed E-state index contributed by atoms with van der Waals surface area (Å²) in [5, 5.41) is 8.31. The summed E-state index contributed by atoms with van der Waals surface area (Å²) in [5.74, 6) is 1.85. The van der Waals surface area contributed by atoms with E-state index in [1.807, 2.05) is 48.4 Å². The van der Waals surface area contributed by atoms with E-state index in [0.29, 0.717) is 36.2 Å². The van der Waals surface area contributed by atoms with Crippen LogP contribution in [-0.2, 0) is 0 Å². The molecule has 0 N–H and O–H groups in total. The number of carbonyl (C=O) groups is 1. The highest BCUT2D eigenvalue weighted by Gasteiger charge is 2.28. The van der Waals surface area contributed by atoms with Crippen molar-refractivity contribution in [1.82, 2.24) is 34.7 Å². The molecule has 1 aliphatic rings. The minimum absolute atomic E-state index is 0.0127. The molecule has 1 fully saturated rings. The van der Waals surface area contributed by atoms with Gasteiger partial charge in [0.2, 0.25) is 11.7 Å². The Hall–Kier alpha value is -3.85. The van der Waals surface area contributed by atoms with Gasteiger partial charge in [-0.05, 0) is 32.0 Å². The molecule has 4 aromatic rings. The fraction of sp³-hybridized carbons (Fsp3) is 0.292. The number of nitrogens with zero attached hydrogens (tertiary/aromatic N) is 7. The van der Waals surface area contributed by atoms with Crippen LogP contribution in [-0.4, -0.2) is 66.8 Å². The molecule has 168 valence electrons. The molecular weight excluding hydrogens is 418 g/mol. The molecule has 4 heterocycles. The Labute approximate surface area is 191 Å². The molecule has 0 aliphatic carbocycles. The lowest BCUT2D eigenvalue weighted by molar-refractivity contribution is 0.0551. The maximum atomic E-state index is 12.9. The van der Waals surface area contributed by atoms with Gasteiger partial charge in [0.25, 0.3) is 5.91 Å². The van der Waals surface area contributed by atoms with Crippen molar-refractivity contribution in [3.63, 3.8) is 0 Å². The Kier molecular flexibility index (Phi) is 5.70. The second-order valence-corrected chi connectivity index (χ2v) is 8.18. The van der Waals surface area contributed by atoms with Crippen LogP contribution in [0.15, 0.2) is 65.6 Å². The largest absolute Gasteiger partial charge is 0.337 e. The van der Waals surface area contributed by atoms with Crippen molar-refractivity contribution in [3.05, 3.63) is 78.1 Å². The molecule has 1 amide bonds. The van der Waals surface area contributed by atoms with Gasteiger partial charge in [-0.3, -0.25) is 9.69 Å². The minimum atomic E-state index is -0.0241. The van der Waals surface area contributed by atoms with Crippen molar-refractivity contribution in [2.45, 2.75) is 19.9 Å². The summed E-state index contributed by atoms with van der Waals surface area (Å²) in [7, 11) is 0. The van der Waals surface area contributed by atoms with E-state index >= 15 is 0 Å². The van der Waals surface area contributed by atoms with Gasteiger partial charge in [-0.25, -0.2) is 9.67 Å². The van der Waals surface area contributed by atoms with Crippen LogP contribution in [0.1, 0.15) is 34.8 Å². The fourth-order valence-corrected chi connectivity index (χ4v) is 3.93. The van der Waals surface area contributed by atoms with Crippen molar-refractivity contribution in [1.29, 1.82) is 0 Å². The van der Waals surface area contributed by atoms with E-state index in [4.69, 9.17) is 4.52 Å². The van der Waals surface area contributed by atoms with Gasteiger partial charge in [-0.15, -0.1) is 0 Å². The van der Waals surface area contributed by atoms with Gasteiger partial charge in [0.1, 0.15) is 0 Å². The Morgan fingerprint density at radius 2 is 1.85 bits per heavy atom. The van der Waals surface area contributed by atoms with Gasteiger partial charge >= 0.3 is 0 Å². The number of aromatic nitrogens is 5. The molecule has 3 aromatic heterocycles. The molecule has 0 bridgehead atoms. The normalized spacial score (nSPS) is 15.5. The van der Waals surface area contributed by atoms with Crippen LogP contribution in [0.4, 0.5) is 0 Å². The average molecular weight is 444 g/mol. The number of aryl methyl sites for hydroxylation is 1. The van der Waals surface area contributed by atoms with Gasteiger partial charge in [0.05, 0.1) is 11.6 Å². The monoisotopic (exact) mass is 443 g/mol. The molecule has 0 spiro atoms. The maximum absolute atomic E-state index is 12.9. The molecule has 1 saturated heterocycles. The lowest BCUT2D eigenvalue weighted by Crippen LogP contribution is -2.49. The first-order valence-corrected chi connectivity index (χ1v) is 11.0. The minimum Gasteiger partial charge on any atom is -0.337 e. The van der Waals surface area contributed by atoms with Crippen LogP contribution in [0, 0.1) is 6.92 Å². The molecule has 9 nitrogen and oxygen atoms in total. The third-order valence-electron chi connectivity index (χ3n) is 5.99. The summed E-state index contributed by atoms with van der Waals surface area (Å²) in [6.07, 6.45) is 5.12. The van der Waals surface area contributed by atoms with E-state index in [1.54, 1.807) is 29.2 Å². The topological polar surface area (TPSA) is 93.2 Å². The third kappa shape index (κ3) is 4.40. The van der Waals surface area contributed by atoms with Crippen molar-refractivity contribution >= 4 is 5.91 Å². The highest BCUT2D eigenvalue weighted by atomic mass is 16.5. The van der Waals surface area contributed by atoms with Gasteiger partial charge in [0.15, 0.2) is 5.82 Å². The summed E-state index contributed by atoms with van der Waals surface area (Å²) in [6.45, 7) is 6.82. The van der Waals surface area contributed by atoms with Crippen molar-refractivity contribution in [2.24, 2.45) is 0 Å². The predicted molar refractivity (Wildman–Crippen MR) is 122 cm³/mol. The third-order valence-corrected chi connectivity index (χ3v) is 5.99. The molecule has 1 unspecified atom stereocenters. The Morgan fingerprint density at radius 3 is 2.52 bits per heavy atom. The lowest BCUT2D eigenvalue weighted by Gasteiger charge is -2.36. The van der Waals surface area contributed by atoms with Crippen LogP contribution in [0.5, 0.6) is 0 Å². The smallest absolute Gasteiger partial charge is 0.255 e. The molecular formula is C24H25N7O2. The number of amides is 1. The number of piperazine rings is 1.